The van der Waals surface area contributed by atoms with Crippen molar-refractivity contribution in [3.63, 3.8) is 0 Å². The van der Waals surface area contributed by atoms with E-state index in [9.17, 15) is 24.8 Å². The van der Waals surface area contributed by atoms with E-state index in [2.05, 4.69) is 53.1 Å². The fourth-order valence-corrected chi connectivity index (χ4v) is 7.29. The first kappa shape index (κ1) is 33.8. The second-order valence-electron chi connectivity index (χ2n) is 12.8. The van der Waals surface area contributed by atoms with E-state index in [4.69, 9.17) is 5.10 Å². The van der Waals surface area contributed by atoms with Crippen LogP contribution in [0.5, 0.6) is 0 Å². The number of fused-ring (bicyclic) bond motifs is 1. The number of rotatable bonds is 8. The highest BCUT2D eigenvalue weighted by molar-refractivity contribution is 6.03. The monoisotopic (exact) mass is 688 g/mol. The van der Waals surface area contributed by atoms with Crippen LogP contribution in [0, 0.1) is 17.2 Å². The highest BCUT2D eigenvalue weighted by atomic mass is 16.4. The van der Waals surface area contributed by atoms with Crippen LogP contribution in [0.25, 0.3) is 22.0 Å². The van der Waals surface area contributed by atoms with Gasteiger partial charge in [-0.3, -0.25) is 9.59 Å². The van der Waals surface area contributed by atoms with Gasteiger partial charge in [0.05, 0.1) is 23.1 Å². The summed E-state index contributed by atoms with van der Waals surface area (Å²) in [5.74, 6) is -0.881. The zero-order valence-electron chi connectivity index (χ0n) is 28.5. The van der Waals surface area contributed by atoms with E-state index in [0.29, 0.717) is 58.4 Å². The molecule has 10 nitrogen and oxygen atoms in total. The summed E-state index contributed by atoms with van der Waals surface area (Å²) < 4.78 is 1.94. The number of nitrogens with one attached hydrogen (secondary N) is 2. The van der Waals surface area contributed by atoms with Gasteiger partial charge < -0.3 is 20.6 Å². The molecule has 5 aromatic carbocycles. The highest BCUT2D eigenvalue weighted by Gasteiger charge is 2.41. The largest absolute Gasteiger partial charge is 0.465 e. The van der Waals surface area contributed by atoms with Gasteiger partial charge in [-0.15, -0.1) is 0 Å². The molecule has 10 heteroatoms. The number of hydrogen-bond donors (Lipinski definition) is 3. The quantitative estimate of drug-likeness (QED) is 0.146. The number of benzene rings is 5. The molecule has 1 aliphatic rings. The Bertz CT molecular complexity index is 2220. The molecule has 3 amide bonds. The fraction of sp³-hybridized carbons (Fsp3) is 0.167. The van der Waals surface area contributed by atoms with Crippen LogP contribution in [0.15, 0.2) is 127 Å². The van der Waals surface area contributed by atoms with Crippen LogP contribution in [-0.4, -0.2) is 57.8 Å². The van der Waals surface area contributed by atoms with Crippen molar-refractivity contribution in [3.05, 3.63) is 155 Å². The summed E-state index contributed by atoms with van der Waals surface area (Å²) in [6, 6.07) is 43.1. The van der Waals surface area contributed by atoms with Gasteiger partial charge in [-0.25, -0.2) is 9.48 Å². The van der Waals surface area contributed by atoms with E-state index in [1.165, 1.54) is 4.90 Å². The van der Waals surface area contributed by atoms with Crippen LogP contribution in [-0.2, 0) is 10.3 Å². The predicted molar refractivity (Wildman–Crippen MR) is 199 cm³/mol. The molecule has 1 fully saturated rings. The number of aromatic nitrogens is 2. The van der Waals surface area contributed by atoms with Crippen LogP contribution in [0.1, 0.15) is 45.5 Å². The zero-order valence-corrected chi connectivity index (χ0v) is 28.5. The first-order valence-corrected chi connectivity index (χ1v) is 17.1. The van der Waals surface area contributed by atoms with Gasteiger partial charge in [-0.05, 0) is 65.4 Å². The Kier molecular flexibility index (Phi) is 9.25. The number of hydrogen-bond acceptors (Lipinski definition) is 5. The van der Waals surface area contributed by atoms with Crippen molar-refractivity contribution in [2.24, 2.45) is 5.92 Å². The molecule has 7 rings (SSSR count). The summed E-state index contributed by atoms with van der Waals surface area (Å²) in [6.07, 6.45) is 0.0587. The molecule has 6 aromatic rings. The van der Waals surface area contributed by atoms with Crippen molar-refractivity contribution in [2.75, 3.05) is 25.5 Å². The molecule has 0 spiro atoms. The number of likely N-dealkylation sites (tertiary alicyclic amines) is 1. The lowest BCUT2D eigenvalue weighted by Gasteiger charge is -2.37. The fourth-order valence-electron chi connectivity index (χ4n) is 7.29. The summed E-state index contributed by atoms with van der Waals surface area (Å²) in [5.41, 5.74) is 4.51. The number of carbonyl (C=O) groups is 3. The van der Waals surface area contributed by atoms with Gasteiger partial charge in [0.15, 0.2) is 5.82 Å². The number of carboxylic acid groups (broad SMARTS) is 1. The topological polar surface area (TPSA) is 140 Å². The maximum atomic E-state index is 14.0. The lowest BCUT2D eigenvalue weighted by atomic mass is 9.77. The van der Waals surface area contributed by atoms with Crippen molar-refractivity contribution in [1.29, 1.82) is 5.26 Å². The summed E-state index contributed by atoms with van der Waals surface area (Å²) in [6.45, 7) is 0.467. The van der Waals surface area contributed by atoms with Crippen LogP contribution in [0.3, 0.4) is 0 Å². The lowest BCUT2D eigenvalue weighted by Crippen LogP contribution is -2.43. The van der Waals surface area contributed by atoms with Gasteiger partial charge in [0.1, 0.15) is 5.54 Å². The minimum atomic E-state index is -1.05. The minimum absolute atomic E-state index is 0.0882. The third kappa shape index (κ3) is 6.03. The molecule has 0 bridgehead atoms. The number of piperidine rings is 1. The molecule has 3 N–H and O–H groups in total. The molecule has 0 unspecified atom stereocenters. The molecule has 1 aliphatic heterocycles. The second kappa shape index (κ2) is 14.2. The SMILES string of the molecule is CNC(=O)c1ccc(C#N)c(-c2ccc3c(c2)c(NC(=O)[C@@H]2CCCN(C(=O)O)C2)nn3C(c2ccccc2)(c2ccccc2)c2ccccc2)c1. The Morgan fingerprint density at radius 3 is 2.02 bits per heavy atom. The maximum Gasteiger partial charge on any atom is 0.407 e. The molecule has 0 radical (unpaired) electrons. The lowest BCUT2D eigenvalue weighted by molar-refractivity contribution is -0.121. The minimum Gasteiger partial charge on any atom is -0.465 e. The number of nitriles is 1. The van der Waals surface area contributed by atoms with Gasteiger partial charge in [-0.1, -0.05) is 97.1 Å². The van der Waals surface area contributed by atoms with Crippen molar-refractivity contribution in [1.82, 2.24) is 20.0 Å². The van der Waals surface area contributed by atoms with Crippen molar-refractivity contribution < 1.29 is 19.5 Å². The van der Waals surface area contributed by atoms with E-state index in [0.717, 1.165) is 16.7 Å². The van der Waals surface area contributed by atoms with Crippen LogP contribution in [0.4, 0.5) is 10.6 Å². The van der Waals surface area contributed by atoms with Crippen LogP contribution >= 0.6 is 0 Å². The van der Waals surface area contributed by atoms with Gasteiger partial charge >= 0.3 is 6.09 Å². The zero-order chi connectivity index (χ0) is 36.2. The summed E-state index contributed by atoms with van der Waals surface area (Å²) in [5, 5.41) is 31.3. The molecular weight excluding hydrogens is 652 g/mol. The Morgan fingerprint density at radius 2 is 1.46 bits per heavy atom. The molecule has 2 heterocycles. The number of anilines is 1. The van der Waals surface area contributed by atoms with E-state index >= 15 is 0 Å². The molecule has 1 saturated heterocycles. The third-order valence-corrected chi connectivity index (χ3v) is 9.82. The number of carbonyl (C=O) groups excluding carboxylic acids is 2. The van der Waals surface area contributed by atoms with Crippen molar-refractivity contribution in [2.45, 2.75) is 18.4 Å². The molecular formula is C42H36N6O4. The highest BCUT2D eigenvalue weighted by Crippen LogP contribution is 2.44. The molecule has 0 aliphatic carbocycles. The smallest absolute Gasteiger partial charge is 0.407 e. The maximum absolute atomic E-state index is 14.0. The van der Waals surface area contributed by atoms with E-state index < -0.39 is 17.6 Å². The first-order valence-electron chi connectivity index (χ1n) is 17.1. The van der Waals surface area contributed by atoms with Crippen molar-refractivity contribution in [3.8, 4) is 17.2 Å². The van der Waals surface area contributed by atoms with E-state index in [1.807, 2.05) is 77.5 Å². The molecule has 1 aromatic heterocycles. The predicted octanol–water partition coefficient (Wildman–Crippen LogP) is 7.10. The number of nitrogens with zero attached hydrogens (tertiary/aromatic N) is 4. The van der Waals surface area contributed by atoms with Gasteiger partial charge in [0, 0.05) is 36.7 Å². The average molecular weight is 689 g/mol. The Balaban J connectivity index is 1.50. The van der Waals surface area contributed by atoms with Gasteiger partial charge in [0.2, 0.25) is 5.91 Å². The second-order valence-corrected chi connectivity index (χ2v) is 12.8. The van der Waals surface area contributed by atoms with Crippen molar-refractivity contribution >= 4 is 34.6 Å². The van der Waals surface area contributed by atoms with Gasteiger partial charge in [-0.2, -0.15) is 10.4 Å². The third-order valence-electron chi connectivity index (χ3n) is 9.82. The standard InChI is InChI=1S/C42H36N6O4/c1-44-39(49)29-19-20-30(26-43)35(25-29)28-21-22-37-36(24-28)38(45-40(50)31-12-11-23-47(27-31)41(51)52)46-48(37)42(32-13-5-2-6-14-32,33-15-7-3-8-16-33)34-17-9-4-10-18-34/h2-10,13-22,24-25,31H,11-12,23,27H2,1H3,(H,44,49)(H,51,52)(H,45,46,50)/t31-/m1/s1. The van der Waals surface area contributed by atoms with Crippen LogP contribution in [0.2, 0.25) is 0 Å². The Morgan fingerprint density at radius 1 is 0.846 bits per heavy atom. The molecule has 1 atom stereocenters. The summed E-state index contributed by atoms with van der Waals surface area (Å²) in [4.78, 5) is 39.7. The van der Waals surface area contributed by atoms with Crippen LogP contribution < -0.4 is 10.6 Å². The Labute approximate surface area is 300 Å². The van der Waals surface area contributed by atoms with E-state index in [1.54, 1.807) is 25.2 Å². The Hall–Kier alpha value is -6.73. The van der Waals surface area contributed by atoms with E-state index in [-0.39, 0.29) is 18.4 Å². The molecule has 258 valence electrons. The summed E-state index contributed by atoms with van der Waals surface area (Å²) >= 11 is 0. The molecule has 52 heavy (non-hydrogen) atoms. The average Bonchev–Trinajstić information content (AvgIpc) is 3.56. The normalized spacial score (nSPS) is 14.4. The molecule has 0 saturated carbocycles. The number of amides is 3. The van der Waals surface area contributed by atoms with Gasteiger partial charge in [0.25, 0.3) is 5.91 Å². The first-order chi connectivity index (χ1) is 25.3. The summed E-state index contributed by atoms with van der Waals surface area (Å²) in [7, 11) is 1.55.